The van der Waals surface area contributed by atoms with Crippen LogP contribution in [0.1, 0.15) is 27.2 Å². The molecule has 2 rings (SSSR count). The lowest BCUT2D eigenvalue weighted by Crippen LogP contribution is -2.50. The van der Waals surface area contributed by atoms with Gasteiger partial charge in [-0.2, -0.15) is 0 Å². The van der Waals surface area contributed by atoms with Crippen LogP contribution in [0.25, 0.3) is 0 Å². The monoisotopic (exact) mass is 211 g/mol. The summed E-state index contributed by atoms with van der Waals surface area (Å²) in [7, 11) is 0. The van der Waals surface area contributed by atoms with Gasteiger partial charge in [-0.05, 0) is 26.8 Å². The van der Waals surface area contributed by atoms with Crippen LogP contribution in [0.2, 0.25) is 0 Å². The van der Waals surface area contributed by atoms with E-state index >= 15 is 0 Å². The first-order chi connectivity index (χ1) is 7.11. The molecule has 3 nitrogen and oxygen atoms in total. The summed E-state index contributed by atoms with van der Waals surface area (Å²) in [5.41, 5.74) is 0.354. The fraction of sp³-hybridized carbons (Fsp3) is 1.00. The Labute approximate surface area is 93.8 Å². The van der Waals surface area contributed by atoms with Crippen molar-refractivity contribution in [3.8, 4) is 0 Å². The highest BCUT2D eigenvalue weighted by molar-refractivity contribution is 4.95. The molecule has 0 radical (unpaired) electrons. The zero-order valence-electron chi connectivity index (χ0n) is 10.4. The molecule has 0 aromatic heterocycles. The number of hydrogen-bond acceptors (Lipinski definition) is 3. The van der Waals surface area contributed by atoms with E-state index in [0.29, 0.717) is 5.54 Å². The third-order valence-electron chi connectivity index (χ3n) is 3.93. The second kappa shape index (κ2) is 4.40. The predicted octanol–water partition coefficient (Wildman–Crippen LogP) is 0.764. The van der Waals surface area contributed by atoms with Crippen LogP contribution in [0.15, 0.2) is 0 Å². The van der Waals surface area contributed by atoms with Gasteiger partial charge in [-0.25, -0.2) is 0 Å². The minimum Gasteiger partial charge on any atom is -0.310 e. The highest BCUT2D eigenvalue weighted by atomic mass is 15.3. The summed E-state index contributed by atoms with van der Waals surface area (Å²) in [6, 6.07) is 0.777. The van der Waals surface area contributed by atoms with Crippen LogP contribution in [-0.2, 0) is 0 Å². The number of piperazine rings is 1. The zero-order valence-corrected chi connectivity index (χ0v) is 10.4. The normalized spacial score (nSPS) is 33.4. The van der Waals surface area contributed by atoms with Crippen molar-refractivity contribution in [1.82, 2.24) is 15.1 Å². The molecule has 2 heterocycles. The Hall–Kier alpha value is -0.120. The van der Waals surface area contributed by atoms with Gasteiger partial charge in [-0.3, -0.25) is 4.90 Å². The highest BCUT2D eigenvalue weighted by Gasteiger charge is 2.34. The van der Waals surface area contributed by atoms with Gasteiger partial charge >= 0.3 is 0 Å². The van der Waals surface area contributed by atoms with Gasteiger partial charge in [-0.15, -0.1) is 0 Å². The van der Waals surface area contributed by atoms with Gasteiger partial charge in [-0.1, -0.05) is 6.92 Å². The molecule has 1 atom stereocenters. The van der Waals surface area contributed by atoms with Crippen molar-refractivity contribution in [3.05, 3.63) is 0 Å². The molecule has 2 saturated heterocycles. The number of hydrogen-bond donors (Lipinski definition) is 1. The second-order valence-electron chi connectivity index (χ2n) is 5.59. The number of nitrogens with one attached hydrogen (secondary N) is 1. The van der Waals surface area contributed by atoms with Crippen molar-refractivity contribution >= 4 is 0 Å². The molecule has 15 heavy (non-hydrogen) atoms. The molecule has 88 valence electrons. The molecule has 2 aliphatic rings. The van der Waals surface area contributed by atoms with Crippen molar-refractivity contribution in [2.75, 3.05) is 39.3 Å². The van der Waals surface area contributed by atoms with Crippen LogP contribution in [0.5, 0.6) is 0 Å². The third kappa shape index (κ3) is 2.71. The van der Waals surface area contributed by atoms with E-state index in [4.69, 9.17) is 0 Å². The average molecular weight is 211 g/mol. The number of likely N-dealkylation sites (N-methyl/N-ethyl adjacent to an activating group) is 1. The van der Waals surface area contributed by atoms with E-state index in [2.05, 4.69) is 35.9 Å². The summed E-state index contributed by atoms with van der Waals surface area (Å²) < 4.78 is 0. The Morgan fingerprint density at radius 1 is 1.20 bits per heavy atom. The first-order valence-electron chi connectivity index (χ1n) is 6.32. The molecule has 0 aromatic carbocycles. The third-order valence-corrected chi connectivity index (χ3v) is 3.93. The summed E-state index contributed by atoms with van der Waals surface area (Å²) in [6.07, 6.45) is 1.30. The lowest BCUT2D eigenvalue weighted by Gasteiger charge is -2.37. The maximum absolute atomic E-state index is 3.61. The predicted molar refractivity (Wildman–Crippen MR) is 64.2 cm³/mol. The summed E-state index contributed by atoms with van der Waals surface area (Å²) in [4.78, 5) is 5.22. The maximum Gasteiger partial charge on any atom is 0.0239 e. The van der Waals surface area contributed by atoms with Crippen LogP contribution in [0, 0.1) is 0 Å². The fourth-order valence-electron chi connectivity index (χ4n) is 2.83. The SMILES string of the molecule is CCN1CCN(C2CNC(C)(C)C2)CC1. The van der Waals surface area contributed by atoms with E-state index in [1.807, 2.05) is 0 Å². The first kappa shape index (κ1) is 11.4. The van der Waals surface area contributed by atoms with Crippen LogP contribution in [0.3, 0.4) is 0 Å². The van der Waals surface area contributed by atoms with Crippen molar-refractivity contribution in [2.24, 2.45) is 0 Å². The second-order valence-corrected chi connectivity index (χ2v) is 5.59. The molecule has 0 bridgehead atoms. The van der Waals surface area contributed by atoms with Gasteiger partial charge in [0.15, 0.2) is 0 Å². The summed E-state index contributed by atoms with van der Waals surface area (Å²) in [5.74, 6) is 0. The van der Waals surface area contributed by atoms with Gasteiger partial charge in [0.25, 0.3) is 0 Å². The van der Waals surface area contributed by atoms with Gasteiger partial charge in [0.2, 0.25) is 0 Å². The van der Waals surface area contributed by atoms with E-state index < -0.39 is 0 Å². The summed E-state index contributed by atoms with van der Waals surface area (Å²) in [6.45, 7) is 14.3. The van der Waals surface area contributed by atoms with E-state index in [9.17, 15) is 0 Å². The molecule has 1 unspecified atom stereocenters. The van der Waals surface area contributed by atoms with E-state index in [1.54, 1.807) is 0 Å². The molecule has 0 amide bonds. The Balaban J connectivity index is 1.81. The van der Waals surface area contributed by atoms with E-state index in [0.717, 1.165) is 6.04 Å². The van der Waals surface area contributed by atoms with Crippen molar-refractivity contribution in [1.29, 1.82) is 0 Å². The zero-order chi connectivity index (χ0) is 10.9. The molecule has 0 aromatic rings. The quantitative estimate of drug-likeness (QED) is 0.728. The van der Waals surface area contributed by atoms with Gasteiger partial charge in [0.05, 0.1) is 0 Å². The molecule has 2 fully saturated rings. The summed E-state index contributed by atoms with van der Waals surface area (Å²) in [5, 5.41) is 3.61. The van der Waals surface area contributed by atoms with Gasteiger partial charge in [0.1, 0.15) is 0 Å². The first-order valence-corrected chi connectivity index (χ1v) is 6.32. The molecule has 2 aliphatic heterocycles. The topological polar surface area (TPSA) is 18.5 Å². The van der Waals surface area contributed by atoms with Gasteiger partial charge in [0, 0.05) is 44.3 Å². The Bertz CT molecular complexity index is 207. The molecular weight excluding hydrogens is 186 g/mol. The molecule has 3 heteroatoms. The Morgan fingerprint density at radius 3 is 2.33 bits per heavy atom. The Morgan fingerprint density at radius 2 is 1.87 bits per heavy atom. The van der Waals surface area contributed by atoms with Crippen LogP contribution >= 0.6 is 0 Å². The minimum atomic E-state index is 0.354. The van der Waals surface area contributed by atoms with E-state index in [-0.39, 0.29) is 0 Å². The van der Waals surface area contributed by atoms with Crippen LogP contribution < -0.4 is 5.32 Å². The number of nitrogens with zero attached hydrogens (tertiary/aromatic N) is 2. The highest BCUT2D eigenvalue weighted by Crippen LogP contribution is 2.22. The van der Waals surface area contributed by atoms with Gasteiger partial charge < -0.3 is 10.2 Å². The molecule has 0 aliphatic carbocycles. The van der Waals surface area contributed by atoms with Crippen LogP contribution in [-0.4, -0.2) is 60.6 Å². The molecule has 0 spiro atoms. The van der Waals surface area contributed by atoms with E-state index in [1.165, 1.54) is 45.7 Å². The molecular formula is C12H25N3. The van der Waals surface area contributed by atoms with Crippen molar-refractivity contribution < 1.29 is 0 Å². The number of rotatable bonds is 2. The lowest BCUT2D eigenvalue weighted by molar-refractivity contribution is 0.104. The lowest BCUT2D eigenvalue weighted by atomic mass is 10.0. The standard InChI is InChI=1S/C12H25N3/c1-4-14-5-7-15(8-6-14)11-9-12(2,3)13-10-11/h11,13H,4-10H2,1-3H3. The largest absolute Gasteiger partial charge is 0.310 e. The summed E-state index contributed by atoms with van der Waals surface area (Å²) >= 11 is 0. The average Bonchev–Trinajstić information content (AvgIpc) is 2.59. The molecule has 0 saturated carbocycles. The maximum atomic E-state index is 3.61. The Kier molecular flexibility index (Phi) is 3.33. The van der Waals surface area contributed by atoms with Crippen molar-refractivity contribution in [3.63, 3.8) is 0 Å². The minimum absolute atomic E-state index is 0.354. The smallest absolute Gasteiger partial charge is 0.0239 e. The van der Waals surface area contributed by atoms with Crippen LogP contribution in [0.4, 0.5) is 0 Å². The molecule has 1 N–H and O–H groups in total. The van der Waals surface area contributed by atoms with Crippen molar-refractivity contribution in [2.45, 2.75) is 38.8 Å². The fourth-order valence-corrected chi connectivity index (χ4v) is 2.83.